The standard InChI is InChI=1S/C26H26F3NO7S/c1-15(31)34-14-21-23(35-16(2)32)24(36-17(3)33)22(25(37-21)38-19-10-5-4-6-11-19)30-13-18-9-7-8-12-20(18)26(27,28)29/h4-13,21-25H,14H2,1-3H3/t21-,22-,23-,24-,25-/m1/s1. The number of alkyl halides is 3. The third-order valence-corrected chi connectivity index (χ3v) is 6.48. The second kappa shape index (κ2) is 12.9. The third-order valence-electron chi connectivity index (χ3n) is 5.32. The van der Waals surface area contributed by atoms with Crippen molar-refractivity contribution in [2.45, 2.75) is 61.6 Å². The number of carbonyl (C=O) groups is 3. The molecule has 0 aliphatic carbocycles. The summed E-state index contributed by atoms with van der Waals surface area (Å²) in [6.07, 6.45) is -7.18. The maximum Gasteiger partial charge on any atom is 0.417 e. The molecular formula is C26H26F3NO7S. The lowest BCUT2D eigenvalue weighted by Crippen LogP contribution is -2.60. The minimum Gasteiger partial charge on any atom is -0.463 e. The number of halogens is 3. The highest BCUT2D eigenvalue weighted by atomic mass is 32.2. The summed E-state index contributed by atoms with van der Waals surface area (Å²) in [5.74, 6) is -2.09. The van der Waals surface area contributed by atoms with Gasteiger partial charge in [-0.2, -0.15) is 13.2 Å². The second-order valence-electron chi connectivity index (χ2n) is 8.28. The molecule has 0 saturated carbocycles. The van der Waals surface area contributed by atoms with Gasteiger partial charge in [-0.05, 0) is 18.2 Å². The Labute approximate surface area is 221 Å². The van der Waals surface area contributed by atoms with Crippen LogP contribution < -0.4 is 0 Å². The first-order valence-electron chi connectivity index (χ1n) is 11.5. The molecule has 8 nitrogen and oxygen atoms in total. The van der Waals surface area contributed by atoms with Gasteiger partial charge in [-0.15, -0.1) is 0 Å². The van der Waals surface area contributed by atoms with E-state index in [1.54, 1.807) is 30.3 Å². The molecular weight excluding hydrogens is 527 g/mol. The third kappa shape index (κ3) is 8.06. The van der Waals surface area contributed by atoms with Gasteiger partial charge in [-0.25, -0.2) is 0 Å². The van der Waals surface area contributed by atoms with Gasteiger partial charge in [0.1, 0.15) is 24.2 Å². The minimum absolute atomic E-state index is 0.212. The number of hydrogen-bond acceptors (Lipinski definition) is 9. The molecule has 1 fully saturated rings. The zero-order valence-electron chi connectivity index (χ0n) is 20.7. The van der Waals surface area contributed by atoms with E-state index in [4.69, 9.17) is 18.9 Å². The summed E-state index contributed by atoms with van der Waals surface area (Å²) in [7, 11) is 0. The van der Waals surface area contributed by atoms with E-state index in [-0.39, 0.29) is 12.2 Å². The Bertz CT molecular complexity index is 1160. The molecule has 0 bridgehead atoms. The molecule has 2 aromatic carbocycles. The zero-order valence-corrected chi connectivity index (χ0v) is 21.5. The molecule has 0 radical (unpaired) electrons. The lowest BCUT2D eigenvalue weighted by Gasteiger charge is -2.43. The number of ether oxygens (including phenoxy) is 4. The number of benzene rings is 2. The molecule has 5 atom stereocenters. The van der Waals surface area contributed by atoms with Crippen molar-refractivity contribution in [2.75, 3.05) is 6.61 Å². The molecule has 2 aromatic rings. The lowest BCUT2D eigenvalue weighted by atomic mass is 9.97. The fraction of sp³-hybridized carbons (Fsp3) is 0.385. The summed E-state index contributed by atoms with van der Waals surface area (Å²) in [4.78, 5) is 40.6. The van der Waals surface area contributed by atoms with Crippen molar-refractivity contribution in [3.8, 4) is 0 Å². The molecule has 1 heterocycles. The van der Waals surface area contributed by atoms with Crippen molar-refractivity contribution >= 4 is 35.9 Å². The molecule has 0 spiro atoms. The van der Waals surface area contributed by atoms with Gasteiger partial charge in [0.25, 0.3) is 0 Å². The Kier molecular flexibility index (Phi) is 9.92. The minimum atomic E-state index is -4.63. The number of nitrogens with zero attached hydrogens (tertiary/aromatic N) is 1. The Hall–Kier alpha value is -3.38. The topological polar surface area (TPSA) is 100 Å². The van der Waals surface area contributed by atoms with Crippen LogP contribution in [0, 0.1) is 0 Å². The first-order valence-corrected chi connectivity index (χ1v) is 12.4. The monoisotopic (exact) mass is 553 g/mol. The average molecular weight is 554 g/mol. The van der Waals surface area contributed by atoms with Gasteiger partial charge in [-0.1, -0.05) is 48.2 Å². The van der Waals surface area contributed by atoms with Crippen LogP contribution >= 0.6 is 11.8 Å². The van der Waals surface area contributed by atoms with E-state index in [9.17, 15) is 27.6 Å². The van der Waals surface area contributed by atoms with Gasteiger partial charge in [0, 0.05) is 37.4 Å². The van der Waals surface area contributed by atoms with Gasteiger partial charge in [0.15, 0.2) is 12.2 Å². The summed E-state index contributed by atoms with van der Waals surface area (Å²) in [6.45, 7) is 3.13. The van der Waals surface area contributed by atoms with Crippen molar-refractivity contribution in [2.24, 2.45) is 4.99 Å². The van der Waals surface area contributed by atoms with Gasteiger partial charge >= 0.3 is 24.1 Å². The average Bonchev–Trinajstić information content (AvgIpc) is 2.83. The number of thioether (sulfide) groups is 1. The molecule has 1 aliphatic heterocycles. The van der Waals surface area contributed by atoms with Crippen molar-refractivity contribution < 1.29 is 46.5 Å². The van der Waals surface area contributed by atoms with Crippen LogP contribution in [0.2, 0.25) is 0 Å². The highest BCUT2D eigenvalue weighted by Crippen LogP contribution is 2.38. The molecule has 204 valence electrons. The first-order chi connectivity index (χ1) is 18.0. The Morgan fingerprint density at radius 1 is 0.921 bits per heavy atom. The SMILES string of the molecule is CC(=O)OC[C@H]1O[C@H](Sc2ccccc2)[C@H](N=Cc2ccccc2C(F)(F)F)[C@@H](OC(C)=O)[C@@H]1OC(C)=O. The maximum absolute atomic E-state index is 13.6. The van der Waals surface area contributed by atoms with Gasteiger partial charge in [0.2, 0.25) is 0 Å². The largest absolute Gasteiger partial charge is 0.463 e. The molecule has 0 amide bonds. The van der Waals surface area contributed by atoms with Crippen molar-refractivity contribution in [3.05, 3.63) is 65.7 Å². The van der Waals surface area contributed by atoms with Crippen molar-refractivity contribution in [1.82, 2.24) is 0 Å². The van der Waals surface area contributed by atoms with E-state index in [1.165, 1.54) is 36.9 Å². The van der Waals surface area contributed by atoms with Crippen LogP contribution in [0.25, 0.3) is 0 Å². The predicted octanol–water partition coefficient (Wildman–Crippen LogP) is 4.44. The molecule has 0 N–H and O–H groups in total. The number of hydrogen-bond donors (Lipinski definition) is 0. The second-order valence-corrected chi connectivity index (χ2v) is 9.45. The molecule has 38 heavy (non-hydrogen) atoms. The van der Waals surface area contributed by atoms with Crippen LogP contribution in [0.5, 0.6) is 0 Å². The van der Waals surface area contributed by atoms with Crippen LogP contribution in [-0.4, -0.2) is 60.5 Å². The van der Waals surface area contributed by atoms with E-state index in [0.29, 0.717) is 0 Å². The van der Waals surface area contributed by atoms with Crippen LogP contribution in [0.3, 0.4) is 0 Å². The highest BCUT2D eigenvalue weighted by Gasteiger charge is 2.50. The Balaban J connectivity index is 2.08. The molecule has 1 saturated heterocycles. The van der Waals surface area contributed by atoms with E-state index in [1.807, 2.05) is 0 Å². The zero-order chi connectivity index (χ0) is 27.9. The van der Waals surface area contributed by atoms with Gasteiger partial charge in [-0.3, -0.25) is 19.4 Å². The molecule has 3 rings (SSSR count). The summed E-state index contributed by atoms with van der Waals surface area (Å²) in [6, 6.07) is 12.7. The van der Waals surface area contributed by atoms with Crippen molar-refractivity contribution in [1.29, 1.82) is 0 Å². The van der Waals surface area contributed by atoms with Gasteiger partial charge in [0.05, 0.1) is 5.56 Å². The fourth-order valence-corrected chi connectivity index (χ4v) is 4.95. The summed E-state index contributed by atoms with van der Waals surface area (Å²) < 4.78 is 62.9. The Morgan fingerprint density at radius 2 is 1.53 bits per heavy atom. The summed E-state index contributed by atoms with van der Waals surface area (Å²) in [5.41, 5.74) is -2.04. The lowest BCUT2D eigenvalue weighted by molar-refractivity contribution is -0.208. The van der Waals surface area contributed by atoms with Crippen molar-refractivity contribution in [3.63, 3.8) is 0 Å². The highest BCUT2D eigenvalue weighted by molar-refractivity contribution is 7.99. The smallest absolute Gasteiger partial charge is 0.417 e. The predicted molar refractivity (Wildman–Crippen MR) is 132 cm³/mol. The molecule has 12 heteroatoms. The first kappa shape index (κ1) is 29.2. The number of carbonyl (C=O) groups excluding carboxylic acids is 3. The van der Waals surface area contributed by atoms with Crippen LogP contribution in [0.15, 0.2) is 64.5 Å². The quantitative estimate of drug-likeness (QED) is 0.269. The maximum atomic E-state index is 13.6. The van der Waals surface area contributed by atoms with Gasteiger partial charge < -0.3 is 18.9 Å². The fourth-order valence-electron chi connectivity index (χ4n) is 3.81. The molecule has 1 aliphatic rings. The number of esters is 3. The van der Waals surface area contributed by atoms with E-state index >= 15 is 0 Å². The van der Waals surface area contributed by atoms with E-state index in [0.717, 1.165) is 31.0 Å². The van der Waals surface area contributed by atoms with E-state index in [2.05, 4.69) is 4.99 Å². The molecule has 0 unspecified atom stereocenters. The van der Waals surface area contributed by atoms with Crippen LogP contribution in [0.4, 0.5) is 13.2 Å². The van der Waals surface area contributed by atoms with Crippen LogP contribution in [0.1, 0.15) is 31.9 Å². The van der Waals surface area contributed by atoms with E-state index < -0.39 is 59.4 Å². The normalized spacial score (nSPS) is 23.6. The Morgan fingerprint density at radius 3 is 2.13 bits per heavy atom. The molecule has 0 aromatic heterocycles. The summed E-state index contributed by atoms with van der Waals surface area (Å²) >= 11 is 1.18. The number of rotatable bonds is 8. The summed E-state index contributed by atoms with van der Waals surface area (Å²) in [5, 5.41) is 0. The number of aliphatic imine (C=N–C) groups is 1. The van der Waals surface area contributed by atoms with Crippen LogP contribution in [-0.2, 0) is 39.5 Å².